The van der Waals surface area contributed by atoms with Crippen molar-refractivity contribution in [1.82, 2.24) is 25.0 Å². The highest BCUT2D eigenvalue weighted by molar-refractivity contribution is 5.69. The predicted octanol–water partition coefficient (Wildman–Crippen LogP) is 4.23. The van der Waals surface area contributed by atoms with Gasteiger partial charge in [0.15, 0.2) is 5.82 Å². The van der Waals surface area contributed by atoms with E-state index in [9.17, 15) is 8.78 Å². The molecule has 2 N–H and O–H groups in total. The lowest BCUT2D eigenvalue weighted by molar-refractivity contribution is -0.0221. The number of hydrogen-bond donors (Lipinski definition) is 1. The standard InChI is InChI=1S/C25H30F2N8/c1-17-23(34-12-8-25(26,27)9-13-34)30-19(15-29-17)20-16-35(32-31-20)21-3-2-18(28)14-22(21)33-10-6-24(4-5-24)7-11-33/h2-3,14-16H,4-13,28H2,1H3. The number of aromatic nitrogens is 5. The summed E-state index contributed by atoms with van der Waals surface area (Å²) in [5.41, 5.74) is 11.3. The number of nitrogen functional groups attached to an aromatic ring is 1. The Morgan fingerprint density at radius 3 is 2.31 bits per heavy atom. The van der Waals surface area contributed by atoms with Crippen LogP contribution in [-0.2, 0) is 0 Å². The van der Waals surface area contributed by atoms with Gasteiger partial charge in [-0.25, -0.2) is 18.4 Å². The summed E-state index contributed by atoms with van der Waals surface area (Å²) in [6.45, 7) is 4.38. The largest absolute Gasteiger partial charge is 0.399 e. The number of benzene rings is 1. The van der Waals surface area contributed by atoms with E-state index in [1.165, 1.54) is 25.7 Å². The Labute approximate surface area is 203 Å². The fraction of sp³-hybridized carbons (Fsp3) is 0.520. The van der Waals surface area contributed by atoms with Gasteiger partial charge in [-0.2, -0.15) is 0 Å². The van der Waals surface area contributed by atoms with Gasteiger partial charge >= 0.3 is 0 Å². The zero-order valence-electron chi connectivity index (χ0n) is 19.9. The number of nitrogens with zero attached hydrogens (tertiary/aromatic N) is 7. The third-order valence-corrected chi connectivity index (χ3v) is 7.85. The highest BCUT2D eigenvalue weighted by Crippen LogP contribution is 2.54. The summed E-state index contributed by atoms with van der Waals surface area (Å²) in [7, 11) is 0. The lowest BCUT2D eigenvalue weighted by Crippen LogP contribution is -2.40. The van der Waals surface area contributed by atoms with Gasteiger partial charge in [0.25, 0.3) is 5.92 Å². The maximum atomic E-state index is 13.6. The molecule has 3 aliphatic rings. The molecule has 3 aromatic rings. The van der Waals surface area contributed by atoms with Crippen LogP contribution in [0.5, 0.6) is 0 Å². The Morgan fingerprint density at radius 2 is 1.60 bits per heavy atom. The van der Waals surface area contributed by atoms with Crippen molar-refractivity contribution >= 4 is 17.2 Å². The zero-order chi connectivity index (χ0) is 24.2. The molecule has 0 atom stereocenters. The van der Waals surface area contributed by atoms with Crippen LogP contribution in [0.4, 0.5) is 26.0 Å². The number of rotatable bonds is 4. The Kier molecular flexibility index (Phi) is 5.16. The Hall–Kier alpha value is -3.30. The SMILES string of the molecule is Cc1ncc(-c2cn(-c3ccc(N)cc3N3CCC4(CC3)CC4)nn2)nc1N1CCC(F)(F)CC1. The number of aryl methyl sites for hydroxylation is 1. The van der Waals surface area contributed by atoms with Gasteiger partial charge in [-0.1, -0.05) is 5.21 Å². The van der Waals surface area contributed by atoms with E-state index >= 15 is 0 Å². The van der Waals surface area contributed by atoms with E-state index in [0.717, 1.165) is 30.2 Å². The molecule has 2 saturated heterocycles. The number of halogens is 2. The van der Waals surface area contributed by atoms with Gasteiger partial charge in [0.1, 0.15) is 11.4 Å². The predicted molar refractivity (Wildman–Crippen MR) is 131 cm³/mol. The minimum Gasteiger partial charge on any atom is -0.399 e. The highest BCUT2D eigenvalue weighted by Gasteiger charge is 2.44. The van der Waals surface area contributed by atoms with Crippen molar-refractivity contribution in [3.63, 3.8) is 0 Å². The normalized spacial score (nSPS) is 20.9. The van der Waals surface area contributed by atoms with E-state index < -0.39 is 5.92 Å². The van der Waals surface area contributed by atoms with E-state index in [-0.39, 0.29) is 25.9 Å². The summed E-state index contributed by atoms with van der Waals surface area (Å²) in [5.74, 6) is -1.98. The van der Waals surface area contributed by atoms with Gasteiger partial charge in [-0.15, -0.1) is 5.10 Å². The Bertz CT molecular complexity index is 1230. The molecule has 1 aliphatic carbocycles. The summed E-state index contributed by atoms with van der Waals surface area (Å²) in [6.07, 6.45) is 8.30. The lowest BCUT2D eigenvalue weighted by atomic mass is 9.93. The van der Waals surface area contributed by atoms with Crippen molar-refractivity contribution in [2.24, 2.45) is 5.41 Å². The summed E-state index contributed by atoms with van der Waals surface area (Å²) < 4.78 is 29.0. The molecule has 3 fully saturated rings. The first-order valence-electron chi connectivity index (χ1n) is 12.3. The van der Waals surface area contributed by atoms with Crippen molar-refractivity contribution in [2.75, 3.05) is 41.7 Å². The average molecular weight is 481 g/mol. The van der Waals surface area contributed by atoms with E-state index in [2.05, 4.69) is 20.2 Å². The second kappa shape index (κ2) is 8.13. The summed E-state index contributed by atoms with van der Waals surface area (Å²) in [5, 5.41) is 8.76. The van der Waals surface area contributed by atoms with Crippen LogP contribution in [0.25, 0.3) is 17.1 Å². The fourth-order valence-electron chi connectivity index (χ4n) is 5.29. The summed E-state index contributed by atoms with van der Waals surface area (Å²) in [4.78, 5) is 13.5. The van der Waals surface area contributed by atoms with Crippen LogP contribution in [0, 0.1) is 12.3 Å². The molecule has 1 saturated carbocycles. The first-order valence-corrected chi connectivity index (χ1v) is 12.3. The van der Waals surface area contributed by atoms with Gasteiger partial charge < -0.3 is 15.5 Å². The zero-order valence-corrected chi connectivity index (χ0v) is 19.9. The number of nitrogens with two attached hydrogens (primary N) is 1. The molecule has 1 aromatic carbocycles. The fourth-order valence-corrected chi connectivity index (χ4v) is 5.29. The lowest BCUT2D eigenvalue weighted by Gasteiger charge is -2.35. The van der Waals surface area contributed by atoms with Crippen molar-refractivity contribution in [1.29, 1.82) is 0 Å². The van der Waals surface area contributed by atoms with E-state index in [1.807, 2.05) is 36.2 Å². The molecule has 10 heteroatoms. The first-order chi connectivity index (χ1) is 16.8. The van der Waals surface area contributed by atoms with Gasteiger partial charge in [-0.05, 0) is 56.2 Å². The van der Waals surface area contributed by atoms with Crippen LogP contribution in [0.2, 0.25) is 0 Å². The molecule has 2 aromatic heterocycles. The molecule has 35 heavy (non-hydrogen) atoms. The second-order valence-electron chi connectivity index (χ2n) is 10.3. The quantitative estimate of drug-likeness (QED) is 0.559. The third-order valence-electron chi connectivity index (χ3n) is 7.85. The molecule has 2 aliphatic heterocycles. The second-order valence-corrected chi connectivity index (χ2v) is 10.3. The molecule has 0 bridgehead atoms. The van der Waals surface area contributed by atoms with Crippen LogP contribution in [0.15, 0.2) is 30.6 Å². The molecular weight excluding hydrogens is 450 g/mol. The van der Waals surface area contributed by atoms with E-state index in [4.69, 9.17) is 10.7 Å². The molecule has 6 rings (SSSR count). The average Bonchev–Trinajstić information content (AvgIpc) is 3.41. The number of alkyl halides is 2. The van der Waals surface area contributed by atoms with Crippen molar-refractivity contribution in [3.8, 4) is 17.1 Å². The molecule has 0 amide bonds. The molecule has 8 nitrogen and oxygen atoms in total. The van der Waals surface area contributed by atoms with Gasteiger partial charge in [0.05, 0.1) is 29.5 Å². The Balaban J connectivity index is 1.27. The van der Waals surface area contributed by atoms with Gasteiger partial charge in [-0.3, -0.25) is 4.98 Å². The third kappa shape index (κ3) is 4.30. The molecule has 184 valence electrons. The first kappa shape index (κ1) is 22.2. The van der Waals surface area contributed by atoms with Crippen molar-refractivity contribution < 1.29 is 8.78 Å². The van der Waals surface area contributed by atoms with E-state index in [0.29, 0.717) is 28.3 Å². The number of anilines is 3. The van der Waals surface area contributed by atoms with Crippen LogP contribution < -0.4 is 15.5 Å². The maximum Gasteiger partial charge on any atom is 0.251 e. The van der Waals surface area contributed by atoms with Crippen LogP contribution in [0.3, 0.4) is 0 Å². The van der Waals surface area contributed by atoms with Crippen LogP contribution >= 0.6 is 0 Å². The maximum absolute atomic E-state index is 13.6. The van der Waals surface area contributed by atoms with Crippen molar-refractivity contribution in [2.45, 2.75) is 51.4 Å². The molecule has 0 unspecified atom stereocenters. The highest BCUT2D eigenvalue weighted by atomic mass is 19.3. The number of hydrogen-bond acceptors (Lipinski definition) is 7. The van der Waals surface area contributed by atoms with Crippen LogP contribution in [0.1, 0.15) is 44.2 Å². The van der Waals surface area contributed by atoms with Crippen LogP contribution in [-0.4, -0.2) is 57.1 Å². The number of piperidine rings is 2. The van der Waals surface area contributed by atoms with Gasteiger partial charge in [0, 0.05) is 44.7 Å². The summed E-state index contributed by atoms with van der Waals surface area (Å²) >= 11 is 0. The van der Waals surface area contributed by atoms with Crippen molar-refractivity contribution in [3.05, 3.63) is 36.3 Å². The molecule has 1 spiro atoms. The topological polar surface area (TPSA) is 89.0 Å². The minimum absolute atomic E-state index is 0.175. The minimum atomic E-state index is -2.61. The molecule has 4 heterocycles. The summed E-state index contributed by atoms with van der Waals surface area (Å²) in [6, 6.07) is 5.87. The van der Waals surface area contributed by atoms with Gasteiger partial charge in [0.2, 0.25) is 0 Å². The van der Waals surface area contributed by atoms with E-state index in [1.54, 1.807) is 10.9 Å². The Morgan fingerprint density at radius 1 is 0.886 bits per heavy atom. The smallest absolute Gasteiger partial charge is 0.251 e. The molecule has 0 radical (unpaired) electrons. The molecular formula is C25H30F2N8. The monoisotopic (exact) mass is 480 g/mol.